The quantitative estimate of drug-likeness (QED) is 0.526. The molecule has 0 aliphatic heterocycles. The summed E-state index contributed by atoms with van der Waals surface area (Å²) >= 11 is 6.93. The van der Waals surface area contributed by atoms with E-state index >= 15 is 0 Å². The van der Waals surface area contributed by atoms with Gasteiger partial charge in [-0.3, -0.25) is 0 Å². The SMILES string of the molecule is C=CCC(Br)C(C)Br. The average molecular weight is 242 g/mol. The van der Waals surface area contributed by atoms with Gasteiger partial charge in [0.1, 0.15) is 0 Å². The monoisotopic (exact) mass is 240 g/mol. The van der Waals surface area contributed by atoms with Gasteiger partial charge in [-0.05, 0) is 6.42 Å². The van der Waals surface area contributed by atoms with E-state index in [1.165, 1.54) is 0 Å². The van der Waals surface area contributed by atoms with Gasteiger partial charge >= 0.3 is 0 Å². The summed E-state index contributed by atoms with van der Waals surface area (Å²) in [5.41, 5.74) is 0. The molecule has 2 unspecified atom stereocenters. The molecule has 0 radical (unpaired) electrons. The Morgan fingerprint density at radius 1 is 1.62 bits per heavy atom. The predicted octanol–water partition coefficient (Wildman–Crippen LogP) is 3.11. The van der Waals surface area contributed by atoms with Crippen molar-refractivity contribution in [2.75, 3.05) is 0 Å². The fraction of sp³-hybridized carbons (Fsp3) is 0.667. The van der Waals surface area contributed by atoms with Gasteiger partial charge in [0.05, 0.1) is 0 Å². The predicted molar refractivity (Wildman–Crippen MR) is 45.9 cm³/mol. The minimum Gasteiger partial charge on any atom is -0.103 e. The van der Waals surface area contributed by atoms with Crippen molar-refractivity contribution < 1.29 is 0 Å². The fourth-order valence-corrected chi connectivity index (χ4v) is 0.827. The van der Waals surface area contributed by atoms with E-state index in [0.29, 0.717) is 9.65 Å². The molecule has 48 valence electrons. The molecule has 0 nitrogen and oxygen atoms in total. The molecule has 0 bridgehead atoms. The van der Waals surface area contributed by atoms with Crippen LogP contribution in [0.1, 0.15) is 13.3 Å². The Kier molecular flexibility index (Phi) is 4.97. The zero-order valence-electron chi connectivity index (χ0n) is 4.90. The van der Waals surface area contributed by atoms with Crippen molar-refractivity contribution in [2.24, 2.45) is 0 Å². The Morgan fingerprint density at radius 3 is 2.25 bits per heavy atom. The molecule has 2 atom stereocenters. The maximum atomic E-state index is 3.63. The van der Waals surface area contributed by atoms with E-state index in [4.69, 9.17) is 0 Å². The lowest BCUT2D eigenvalue weighted by Crippen LogP contribution is -2.07. The first-order chi connectivity index (χ1) is 3.68. The van der Waals surface area contributed by atoms with Gasteiger partial charge in [0.2, 0.25) is 0 Å². The smallest absolute Gasteiger partial charge is 0.0302 e. The van der Waals surface area contributed by atoms with Crippen LogP contribution in [-0.4, -0.2) is 9.65 Å². The van der Waals surface area contributed by atoms with E-state index in [2.05, 4.69) is 45.4 Å². The van der Waals surface area contributed by atoms with Crippen molar-refractivity contribution in [1.82, 2.24) is 0 Å². The maximum Gasteiger partial charge on any atom is 0.0302 e. The van der Waals surface area contributed by atoms with Gasteiger partial charge in [-0.15, -0.1) is 6.58 Å². The molecule has 0 aromatic rings. The van der Waals surface area contributed by atoms with Crippen LogP contribution < -0.4 is 0 Å². The summed E-state index contributed by atoms with van der Waals surface area (Å²) in [6, 6.07) is 0. The first kappa shape index (κ1) is 8.70. The number of hydrogen-bond donors (Lipinski definition) is 0. The van der Waals surface area contributed by atoms with Crippen LogP contribution in [0, 0.1) is 0 Å². The summed E-state index contributed by atoms with van der Waals surface area (Å²) in [4.78, 5) is 1.06. The van der Waals surface area contributed by atoms with Crippen LogP contribution in [0.2, 0.25) is 0 Å². The van der Waals surface area contributed by atoms with Gasteiger partial charge in [-0.25, -0.2) is 0 Å². The van der Waals surface area contributed by atoms with E-state index in [1.807, 2.05) is 6.08 Å². The molecular weight excluding hydrogens is 232 g/mol. The van der Waals surface area contributed by atoms with Crippen LogP contribution >= 0.6 is 31.9 Å². The summed E-state index contributed by atoms with van der Waals surface area (Å²) in [5, 5.41) is 0. The van der Waals surface area contributed by atoms with E-state index in [9.17, 15) is 0 Å². The summed E-state index contributed by atoms with van der Waals surface area (Å²) in [7, 11) is 0. The van der Waals surface area contributed by atoms with Crippen molar-refractivity contribution in [3.8, 4) is 0 Å². The van der Waals surface area contributed by atoms with Gasteiger partial charge in [-0.1, -0.05) is 44.9 Å². The van der Waals surface area contributed by atoms with Gasteiger partial charge in [0.25, 0.3) is 0 Å². The second kappa shape index (κ2) is 4.57. The van der Waals surface area contributed by atoms with Gasteiger partial charge in [-0.2, -0.15) is 0 Å². The highest BCUT2D eigenvalue weighted by molar-refractivity contribution is 9.12. The molecule has 0 rings (SSSR count). The van der Waals surface area contributed by atoms with Gasteiger partial charge in [0.15, 0.2) is 0 Å². The van der Waals surface area contributed by atoms with Crippen molar-refractivity contribution in [2.45, 2.75) is 23.0 Å². The number of rotatable bonds is 3. The Bertz CT molecular complexity index is 68.9. The molecule has 2 heteroatoms. The van der Waals surface area contributed by atoms with Crippen molar-refractivity contribution in [3.63, 3.8) is 0 Å². The standard InChI is InChI=1S/C6H10Br2/c1-3-4-6(8)5(2)7/h3,5-6H,1,4H2,2H3. The molecule has 0 saturated carbocycles. The summed E-state index contributed by atoms with van der Waals surface area (Å²) in [5.74, 6) is 0. The molecular formula is C6H10Br2. The lowest BCUT2D eigenvalue weighted by molar-refractivity contribution is 0.882. The highest BCUT2D eigenvalue weighted by Crippen LogP contribution is 2.16. The van der Waals surface area contributed by atoms with Crippen LogP contribution in [-0.2, 0) is 0 Å². The summed E-state index contributed by atoms with van der Waals surface area (Å²) in [6.07, 6.45) is 2.93. The topological polar surface area (TPSA) is 0 Å². The van der Waals surface area contributed by atoms with Gasteiger partial charge < -0.3 is 0 Å². The number of halogens is 2. The Balaban J connectivity index is 3.30. The first-order valence-electron chi connectivity index (χ1n) is 2.57. The lowest BCUT2D eigenvalue weighted by atomic mass is 10.2. The zero-order valence-corrected chi connectivity index (χ0v) is 8.07. The number of allylic oxidation sites excluding steroid dienone is 1. The van der Waals surface area contributed by atoms with Crippen molar-refractivity contribution in [3.05, 3.63) is 12.7 Å². The Hall–Kier alpha value is 0.700. The summed E-state index contributed by atoms with van der Waals surface area (Å²) in [6.45, 7) is 5.75. The van der Waals surface area contributed by atoms with E-state index in [0.717, 1.165) is 6.42 Å². The molecule has 0 aliphatic rings. The minimum atomic E-state index is 0.528. The van der Waals surface area contributed by atoms with Gasteiger partial charge in [0, 0.05) is 9.65 Å². The molecule has 0 N–H and O–H groups in total. The van der Waals surface area contributed by atoms with E-state index in [1.54, 1.807) is 0 Å². The molecule has 0 heterocycles. The number of hydrogen-bond acceptors (Lipinski definition) is 0. The molecule has 0 amide bonds. The molecule has 8 heavy (non-hydrogen) atoms. The average Bonchev–Trinajstić information content (AvgIpc) is 1.67. The highest BCUT2D eigenvalue weighted by atomic mass is 79.9. The van der Waals surface area contributed by atoms with Crippen LogP contribution in [0.5, 0.6) is 0 Å². The first-order valence-corrected chi connectivity index (χ1v) is 4.40. The molecule has 0 saturated heterocycles. The Labute approximate surface area is 67.6 Å². The normalized spacial score (nSPS) is 17.4. The molecule has 0 aliphatic carbocycles. The Morgan fingerprint density at radius 2 is 2.12 bits per heavy atom. The van der Waals surface area contributed by atoms with Crippen LogP contribution in [0.4, 0.5) is 0 Å². The van der Waals surface area contributed by atoms with Crippen molar-refractivity contribution in [1.29, 1.82) is 0 Å². The van der Waals surface area contributed by atoms with Crippen molar-refractivity contribution >= 4 is 31.9 Å². The molecule has 0 fully saturated rings. The number of alkyl halides is 2. The molecule has 0 aromatic carbocycles. The fourth-order valence-electron chi connectivity index (χ4n) is 0.347. The molecule has 0 spiro atoms. The van der Waals surface area contributed by atoms with E-state index < -0.39 is 0 Å². The third kappa shape index (κ3) is 3.67. The molecule has 0 aromatic heterocycles. The minimum absolute atomic E-state index is 0.528. The third-order valence-corrected chi connectivity index (χ3v) is 3.40. The second-order valence-electron chi connectivity index (χ2n) is 1.72. The summed E-state index contributed by atoms with van der Waals surface area (Å²) < 4.78 is 0. The van der Waals surface area contributed by atoms with Crippen LogP contribution in [0.15, 0.2) is 12.7 Å². The largest absolute Gasteiger partial charge is 0.103 e. The second-order valence-corrected chi connectivity index (χ2v) is 4.34. The third-order valence-electron chi connectivity index (χ3n) is 0.890. The zero-order chi connectivity index (χ0) is 6.57. The van der Waals surface area contributed by atoms with Crippen LogP contribution in [0.3, 0.4) is 0 Å². The lowest BCUT2D eigenvalue weighted by Gasteiger charge is -2.07. The highest BCUT2D eigenvalue weighted by Gasteiger charge is 2.06. The van der Waals surface area contributed by atoms with E-state index in [-0.39, 0.29) is 0 Å². The van der Waals surface area contributed by atoms with Crippen LogP contribution in [0.25, 0.3) is 0 Å². The maximum absolute atomic E-state index is 3.63.